The summed E-state index contributed by atoms with van der Waals surface area (Å²) in [5, 5.41) is 10.8. The van der Waals surface area contributed by atoms with Gasteiger partial charge in [0.05, 0.1) is 16.9 Å². The van der Waals surface area contributed by atoms with Crippen LogP contribution in [0.4, 0.5) is 5.69 Å². The molecule has 0 aliphatic carbocycles. The van der Waals surface area contributed by atoms with Crippen molar-refractivity contribution in [1.82, 2.24) is 0 Å². The van der Waals surface area contributed by atoms with E-state index in [1.165, 1.54) is 12.1 Å². The molecule has 2 heterocycles. The van der Waals surface area contributed by atoms with E-state index in [4.69, 9.17) is 28.4 Å². The number of fused-ring (bicyclic) bond motifs is 1. The molecule has 2 aliphatic heterocycles. The van der Waals surface area contributed by atoms with Crippen molar-refractivity contribution in [2.45, 2.75) is 77.0 Å². The number of hydrogen-bond acceptors (Lipinski definition) is 9. The zero-order chi connectivity index (χ0) is 28.0. The molecule has 0 amide bonds. The predicted octanol–water partition coefficient (Wildman–Crippen LogP) is 4.75. The third-order valence-electron chi connectivity index (χ3n) is 6.77. The first-order valence-electron chi connectivity index (χ1n) is 13.2. The molecular weight excluding hydrogens is 506 g/mol. The van der Waals surface area contributed by atoms with Crippen LogP contribution in [0, 0.1) is 15.5 Å². The number of nitro benzene ring substituents is 1. The van der Waals surface area contributed by atoms with Gasteiger partial charge in [-0.3, -0.25) is 14.9 Å². The molecule has 2 saturated heterocycles. The first-order valence-corrected chi connectivity index (χ1v) is 13.2. The second-order valence-electron chi connectivity index (χ2n) is 10.8. The summed E-state index contributed by atoms with van der Waals surface area (Å²) in [5.41, 5.74) is 1.23. The maximum absolute atomic E-state index is 12.9. The smallest absolute Gasteiger partial charge is 0.311 e. The minimum absolute atomic E-state index is 0.0733. The van der Waals surface area contributed by atoms with Gasteiger partial charge in [0.25, 0.3) is 5.69 Å². The lowest BCUT2D eigenvalue weighted by Gasteiger charge is -2.48. The molecule has 39 heavy (non-hydrogen) atoms. The number of aryl methyl sites for hydroxylation is 1. The van der Waals surface area contributed by atoms with Gasteiger partial charge in [0.2, 0.25) is 0 Å². The van der Waals surface area contributed by atoms with Crippen LogP contribution in [0.25, 0.3) is 0 Å². The number of non-ortho nitro benzene ring substituents is 1. The normalized spacial score (nSPS) is 27.0. The Labute approximate surface area is 228 Å². The topological polar surface area (TPSA) is 116 Å². The standard InChI is InChI=1S/C29H37NO9/c1-29(2,3)28(31)39-25-24(34-4)23-22(18-36-26(38-23)20-11-6-5-7-12-20)37-27(25)35-17-9-8-10-19-13-15-21(16-14-19)30(32)33/h5-7,11-16,22-27H,8-10,17-18H2,1-4H3. The molecule has 212 valence electrons. The quantitative estimate of drug-likeness (QED) is 0.181. The highest BCUT2D eigenvalue weighted by Crippen LogP contribution is 2.37. The van der Waals surface area contributed by atoms with Crippen molar-refractivity contribution in [3.8, 4) is 0 Å². The van der Waals surface area contributed by atoms with Gasteiger partial charge >= 0.3 is 5.97 Å². The number of esters is 1. The minimum Gasteiger partial charge on any atom is -0.454 e. The van der Waals surface area contributed by atoms with E-state index in [9.17, 15) is 14.9 Å². The molecule has 0 spiro atoms. The molecule has 0 aromatic heterocycles. The van der Waals surface area contributed by atoms with Crippen LogP contribution in [0.15, 0.2) is 54.6 Å². The van der Waals surface area contributed by atoms with E-state index in [1.54, 1.807) is 40.0 Å². The highest BCUT2D eigenvalue weighted by molar-refractivity contribution is 5.75. The Morgan fingerprint density at radius 1 is 1.03 bits per heavy atom. The molecule has 0 radical (unpaired) electrons. The number of nitrogens with zero attached hydrogens (tertiary/aromatic N) is 1. The maximum atomic E-state index is 12.9. The largest absolute Gasteiger partial charge is 0.454 e. The second kappa shape index (κ2) is 13.0. The molecule has 10 nitrogen and oxygen atoms in total. The van der Waals surface area contributed by atoms with E-state index in [0.717, 1.165) is 24.0 Å². The number of nitro groups is 1. The molecule has 4 rings (SSSR count). The van der Waals surface area contributed by atoms with Gasteiger partial charge in [-0.15, -0.1) is 0 Å². The number of benzene rings is 2. The number of hydrogen-bond donors (Lipinski definition) is 0. The first kappa shape index (κ1) is 29.1. The van der Waals surface area contributed by atoms with E-state index < -0.39 is 53.3 Å². The monoisotopic (exact) mass is 543 g/mol. The molecule has 6 atom stereocenters. The van der Waals surface area contributed by atoms with Crippen LogP contribution in [0.5, 0.6) is 0 Å². The number of methoxy groups -OCH3 is 1. The van der Waals surface area contributed by atoms with Crippen molar-refractivity contribution in [2.75, 3.05) is 20.3 Å². The fourth-order valence-electron chi connectivity index (χ4n) is 4.57. The summed E-state index contributed by atoms with van der Waals surface area (Å²) in [5.74, 6) is -0.393. The summed E-state index contributed by atoms with van der Waals surface area (Å²) in [6.07, 6.45) is -1.65. The fourth-order valence-corrected chi connectivity index (χ4v) is 4.57. The van der Waals surface area contributed by atoms with Gasteiger partial charge in [-0.05, 0) is 45.6 Å². The van der Waals surface area contributed by atoms with Crippen LogP contribution in [-0.4, -0.2) is 61.9 Å². The molecular formula is C29H37NO9. The zero-order valence-electron chi connectivity index (χ0n) is 22.8. The molecule has 2 aromatic carbocycles. The lowest BCUT2D eigenvalue weighted by atomic mass is 9.95. The van der Waals surface area contributed by atoms with E-state index in [-0.39, 0.29) is 12.3 Å². The number of ether oxygens (including phenoxy) is 6. The summed E-state index contributed by atoms with van der Waals surface area (Å²) in [7, 11) is 1.56. The molecule has 0 saturated carbocycles. The highest BCUT2D eigenvalue weighted by Gasteiger charge is 2.53. The Morgan fingerprint density at radius 2 is 1.74 bits per heavy atom. The molecule has 10 heteroatoms. The Bertz CT molecular complexity index is 1090. The zero-order valence-corrected chi connectivity index (χ0v) is 22.8. The maximum Gasteiger partial charge on any atom is 0.311 e. The Morgan fingerprint density at radius 3 is 2.38 bits per heavy atom. The van der Waals surface area contributed by atoms with Gasteiger partial charge in [-0.2, -0.15) is 0 Å². The summed E-state index contributed by atoms with van der Waals surface area (Å²) >= 11 is 0. The van der Waals surface area contributed by atoms with Crippen molar-refractivity contribution in [2.24, 2.45) is 5.41 Å². The van der Waals surface area contributed by atoms with Crippen molar-refractivity contribution >= 4 is 11.7 Å². The Hall–Kier alpha value is -2.89. The van der Waals surface area contributed by atoms with E-state index in [1.807, 2.05) is 30.3 Å². The third kappa shape index (κ3) is 7.40. The van der Waals surface area contributed by atoms with Crippen molar-refractivity contribution in [1.29, 1.82) is 0 Å². The van der Waals surface area contributed by atoms with Crippen LogP contribution in [0.2, 0.25) is 0 Å². The number of carbonyl (C=O) groups is 1. The van der Waals surface area contributed by atoms with Crippen LogP contribution in [0.1, 0.15) is 51.0 Å². The molecule has 2 aromatic rings. The predicted molar refractivity (Wildman–Crippen MR) is 141 cm³/mol. The van der Waals surface area contributed by atoms with Crippen LogP contribution >= 0.6 is 0 Å². The second-order valence-corrected chi connectivity index (χ2v) is 10.8. The van der Waals surface area contributed by atoms with Gasteiger partial charge in [-0.1, -0.05) is 42.5 Å². The average molecular weight is 544 g/mol. The summed E-state index contributed by atoms with van der Waals surface area (Å²) in [4.78, 5) is 23.3. The van der Waals surface area contributed by atoms with Crippen molar-refractivity contribution in [3.63, 3.8) is 0 Å². The Kier molecular flexibility index (Phi) is 9.68. The van der Waals surface area contributed by atoms with Gasteiger partial charge < -0.3 is 28.4 Å². The van der Waals surface area contributed by atoms with Crippen LogP contribution in [-0.2, 0) is 39.6 Å². The van der Waals surface area contributed by atoms with Gasteiger partial charge in [0.15, 0.2) is 18.7 Å². The van der Waals surface area contributed by atoms with Crippen molar-refractivity contribution in [3.05, 3.63) is 75.8 Å². The number of unbranched alkanes of at least 4 members (excludes halogenated alkanes) is 1. The summed E-state index contributed by atoms with van der Waals surface area (Å²) in [6.45, 7) is 5.99. The lowest BCUT2D eigenvalue weighted by molar-refractivity contribution is -0.384. The van der Waals surface area contributed by atoms with E-state index in [0.29, 0.717) is 13.0 Å². The molecule has 0 bridgehead atoms. The average Bonchev–Trinajstić information content (AvgIpc) is 2.92. The number of carbonyl (C=O) groups excluding carboxylic acids is 1. The van der Waals surface area contributed by atoms with Gasteiger partial charge in [0.1, 0.15) is 18.3 Å². The van der Waals surface area contributed by atoms with E-state index >= 15 is 0 Å². The lowest BCUT2D eigenvalue weighted by Crippen LogP contribution is -2.64. The van der Waals surface area contributed by atoms with Gasteiger partial charge in [-0.25, -0.2) is 0 Å². The van der Waals surface area contributed by atoms with Crippen molar-refractivity contribution < 1.29 is 38.1 Å². The summed E-state index contributed by atoms with van der Waals surface area (Å²) < 4.78 is 36.4. The summed E-state index contributed by atoms with van der Waals surface area (Å²) in [6, 6.07) is 16.2. The van der Waals surface area contributed by atoms with Gasteiger partial charge in [0, 0.05) is 31.4 Å². The molecule has 6 unspecified atom stereocenters. The van der Waals surface area contributed by atoms with Crippen LogP contribution in [0.3, 0.4) is 0 Å². The Balaban J connectivity index is 1.39. The molecule has 2 fully saturated rings. The van der Waals surface area contributed by atoms with Crippen LogP contribution < -0.4 is 0 Å². The minimum atomic E-state index is -0.859. The highest BCUT2D eigenvalue weighted by atomic mass is 16.8. The molecule has 2 aliphatic rings. The first-order chi connectivity index (χ1) is 18.7. The third-order valence-corrected chi connectivity index (χ3v) is 6.77. The van der Waals surface area contributed by atoms with E-state index in [2.05, 4.69) is 0 Å². The number of rotatable bonds is 10. The fraction of sp³-hybridized carbons (Fsp3) is 0.552. The molecule has 0 N–H and O–H groups in total. The SMILES string of the molecule is COC1C2OC(c3ccccc3)OCC2OC(OCCCCc2ccc([N+](=O)[O-])cc2)C1OC(=O)C(C)(C)C.